The van der Waals surface area contributed by atoms with Crippen LogP contribution < -0.4 is 0 Å². The van der Waals surface area contributed by atoms with Crippen LogP contribution in [0.3, 0.4) is 0 Å². The zero-order chi connectivity index (χ0) is 14.1. The standard InChI is InChI=1S/C15H28O4/c1-12(2)19-14(13(3)16)8-4-6-10-17-15-9-5-7-11-18-15/h12,14-15H,4-11H2,1-3H3. The van der Waals surface area contributed by atoms with E-state index >= 15 is 0 Å². The lowest BCUT2D eigenvalue weighted by atomic mass is 10.1. The maximum atomic E-state index is 11.4. The molecule has 1 fully saturated rings. The number of rotatable bonds is 9. The molecule has 0 aromatic carbocycles. The van der Waals surface area contributed by atoms with Gasteiger partial charge in [-0.15, -0.1) is 0 Å². The molecular weight excluding hydrogens is 244 g/mol. The maximum absolute atomic E-state index is 11.4. The summed E-state index contributed by atoms with van der Waals surface area (Å²) in [6.45, 7) is 7.04. The van der Waals surface area contributed by atoms with E-state index in [4.69, 9.17) is 14.2 Å². The Bertz CT molecular complexity index is 247. The van der Waals surface area contributed by atoms with Gasteiger partial charge < -0.3 is 14.2 Å². The minimum absolute atomic E-state index is 0.00994. The van der Waals surface area contributed by atoms with Gasteiger partial charge in [-0.25, -0.2) is 0 Å². The largest absolute Gasteiger partial charge is 0.368 e. The van der Waals surface area contributed by atoms with Gasteiger partial charge >= 0.3 is 0 Å². The molecule has 0 N–H and O–H groups in total. The Labute approximate surface area is 116 Å². The molecule has 1 rings (SSSR count). The molecule has 0 aromatic heterocycles. The van der Waals surface area contributed by atoms with Crippen molar-refractivity contribution >= 4 is 5.78 Å². The van der Waals surface area contributed by atoms with E-state index in [2.05, 4.69) is 0 Å². The summed E-state index contributed by atoms with van der Waals surface area (Å²) in [6, 6.07) is 0. The molecule has 0 radical (unpaired) electrons. The van der Waals surface area contributed by atoms with Gasteiger partial charge in [0.25, 0.3) is 0 Å². The minimum atomic E-state index is -0.258. The van der Waals surface area contributed by atoms with Gasteiger partial charge in [0.1, 0.15) is 6.10 Å². The summed E-state index contributed by atoms with van der Waals surface area (Å²) in [7, 11) is 0. The molecule has 4 heteroatoms. The zero-order valence-corrected chi connectivity index (χ0v) is 12.5. The molecule has 0 aliphatic carbocycles. The van der Waals surface area contributed by atoms with Crippen LogP contribution in [0.15, 0.2) is 0 Å². The maximum Gasteiger partial charge on any atom is 0.158 e. The predicted molar refractivity (Wildman–Crippen MR) is 74.1 cm³/mol. The van der Waals surface area contributed by atoms with Crippen LogP contribution in [-0.4, -0.2) is 37.5 Å². The second-order valence-electron chi connectivity index (χ2n) is 5.45. The molecule has 112 valence electrons. The average Bonchev–Trinajstić information content (AvgIpc) is 2.37. The number of unbranched alkanes of at least 4 members (excludes halogenated alkanes) is 1. The van der Waals surface area contributed by atoms with Crippen LogP contribution >= 0.6 is 0 Å². The van der Waals surface area contributed by atoms with E-state index in [1.54, 1.807) is 6.92 Å². The molecule has 0 saturated carbocycles. The average molecular weight is 272 g/mol. The fourth-order valence-corrected chi connectivity index (χ4v) is 2.18. The lowest BCUT2D eigenvalue weighted by Gasteiger charge is -2.23. The first-order chi connectivity index (χ1) is 9.09. The molecule has 1 aliphatic rings. The Balaban J connectivity index is 2.06. The van der Waals surface area contributed by atoms with E-state index in [9.17, 15) is 4.79 Å². The smallest absolute Gasteiger partial charge is 0.158 e. The van der Waals surface area contributed by atoms with Gasteiger partial charge in [0.05, 0.1) is 6.10 Å². The summed E-state index contributed by atoms with van der Waals surface area (Å²) in [5.41, 5.74) is 0. The number of hydrogen-bond acceptors (Lipinski definition) is 4. The van der Waals surface area contributed by atoms with Crippen molar-refractivity contribution in [3.8, 4) is 0 Å². The molecule has 4 nitrogen and oxygen atoms in total. The Hall–Kier alpha value is -0.450. The van der Waals surface area contributed by atoms with Crippen LogP contribution in [0.1, 0.15) is 59.3 Å². The number of carbonyl (C=O) groups is 1. The Morgan fingerprint density at radius 1 is 1.32 bits per heavy atom. The van der Waals surface area contributed by atoms with Crippen molar-refractivity contribution in [3.05, 3.63) is 0 Å². The van der Waals surface area contributed by atoms with Crippen LogP contribution in [0.25, 0.3) is 0 Å². The van der Waals surface area contributed by atoms with Gasteiger partial charge in [0, 0.05) is 13.2 Å². The second-order valence-corrected chi connectivity index (χ2v) is 5.45. The summed E-state index contributed by atoms with van der Waals surface area (Å²) < 4.78 is 16.7. The van der Waals surface area contributed by atoms with Crippen LogP contribution in [0.2, 0.25) is 0 Å². The molecule has 1 saturated heterocycles. The first-order valence-corrected chi connectivity index (χ1v) is 7.48. The lowest BCUT2D eigenvalue weighted by Crippen LogP contribution is -2.25. The summed E-state index contributed by atoms with van der Waals surface area (Å²) in [5, 5.41) is 0. The van der Waals surface area contributed by atoms with Gasteiger partial charge in [-0.05, 0) is 59.3 Å². The predicted octanol–water partition coefficient (Wildman–Crippen LogP) is 3.08. The molecule has 0 aromatic rings. The summed E-state index contributed by atoms with van der Waals surface area (Å²) >= 11 is 0. The topological polar surface area (TPSA) is 44.8 Å². The SMILES string of the molecule is CC(=O)C(CCCCOC1CCCCO1)OC(C)C. The van der Waals surface area contributed by atoms with Crippen LogP contribution in [-0.2, 0) is 19.0 Å². The van der Waals surface area contributed by atoms with Gasteiger partial charge in [-0.2, -0.15) is 0 Å². The van der Waals surface area contributed by atoms with Crippen LogP contribution in [0, 0.1) is 0 Å². The quantitative estimate of drug-likeness (QED) is 0.605. The minimum Gasteiger partial charge on any atom is -0.368 e. The van der Waals surface area contributed by atoms with E-state index in [1.807, 2.05) is 13.8 Å². The van der Waals surface area contributed by atoms with Crippen molar-refractivity contribution in [2.45, 2.75) is 77.8 Å². The molecule has 1 heterocycles. The number of ether oxygens (including phenoxy) is 3. The van der Waals surface area contributed by atoms with Crippen molar-refractivity contribution < 1.29 is 19.0 Å². The van der Waals surface area contributed by atoms with Crippen molar-refractivity contribution in [1.82, 2.24) is 0 Å². The Morgan fingerprint density at radius 2 is 2.11 bits per heavy atom. The van der Waals surface area contributed by atoms with Crippen molar-refractivity contribution in [2.75, 3.05) is 13.2 Å². The highest BCUT2D eigenvalue weighted by Crippen LogP contribution is 2.15. The summed E-state index contributed by atoms with van der Waals surface area (Å²) in [4.78, 5) is 11.4. The summed E-state index contributed by atoms with van der Waals surface area (Å²) in [6.07, 6.45) is 5.85. The fourth-order valence-electron chi connectivity index (χ4n) is 2.18. The molecule has 0 amide bonds. The van der Waals surface area contributed by atoms with Crippen LogP contribution in [0.4, 0.5) is 0 Å². The van der Waals surface area contributed by atoms with Gasteiger partial charge in [0.2, 0.25) is 0 Å². The highest BCUT2D eigenvalue weighted by molar-refractivity contribution is 5.80. The number of hydrogen-bond donors (Lipinski definition) is 0. The molecule has 19 heavy (non-hydrogen) atoms. The molecular formula is C15H28O4. The van der Waals surface area contributed by atoms with E-state index in [0.29, 0.717) is 6.61 Å². The second kappa shape index (κ2) is 9.45. The van der Waals surface area contributed by atoms with E-state index in [-0.39, 0.29) is 24.3 Å². The third-order valence-electron chi connectivity index (χ3n) is 3.19. The zero-order valence-electron chi connectivity index (χ0n) is 12.5. The number of Topliss-reactive ketones (excluding diaryl/α,β-unsaturated/α-hetero) is 1. The van der Waals surface area contributed by atoms with Crippen molar-refractivity contribution in [1.29, 1.82) is 0 Å². The third-order valence-corrected chi connectivity index (χ3v) is 3.19. The lowest BCUT2D eigenvalue weighted by molar-refractivity contribution is -0.163. The van der Waals surface area contributed by atoms with E-state index in [0.717, 1.165) is 38.7 Å². The summed E-state index contributed by atoms with van der Waals surface area (Å²) in [5.74, 6) is 0.116. The molecule has 0 spiro atoms. The Kier molecular flexibility index (Phi) is 8.26. The normalized spacial score (nSPS) is 21.6. The molecule has 2 atom stereocenters. The number of ketones is 1. The number of carbonyl (C=O) groups excluding carboxylic acids is 1. The van der Waals surface area contributed by atoms with Crippen molar-refractivity contribution in [3.63, 3.8) is 0 Å². The molecule has 1 aliphatic heterocycles. The van der Waals surface area contributed by atoms with Gasteiger partial charge in [-0.3, -0.25) is 4.79 Å². The van der Waals surface area contributed by atoms with E-state index < -0.39 is 0 Å². The van der Waals surface area contributed by atoms with E-state index in [1.165, 1.54) is 6.42 Å². The first kappa shape index (κ1) is 16.6. The van der Waals surface area contributed by atoms with Gasteiger partial charge in [-0.1, -0.05) is 0 Å². The van der Waals surface area contributed by atoms with Gasteiger partial charge in [0.15, 0.2) is 12.1 Å². The third kappa shape index (κ3) is 7.65. The van der Waals surface area contributed by atoms with Crippen molar-refractivity contribution in [2.24, 2.45) is 0 Å². The fraction of sp³-hybridized carbons (Fsp3) is 0.933. The highest BCUT2D eigenvalue weighted by Gasteiger charge is 2.16. The highest BCUT2D eigenvalue weighted by atomic mass is 16.7. The Morgan fingerprint density at radius 3 is 2.68 bits per heavy atom. The molecule has 0 bridgehead atoms. The monoisotopic (exact) mass is 272 g/mol. The first-order valence-electron chi connectivity index (χ1n) is 7.48. The van der Waals surface area contributed by atoms with Crippen LogP contribution in [0.5, 0.6) is 0 Å². The molecule has 2 unspecified atom stereocenters.